The van der Waals surface area contributed by atoms with Crippen molar-refractivity contribution in [1.29, 1.82) is 0 Å². The summed E-state index contributed by atoms with van der Waals surface area (Å²) in [5, 5.41) is 0. The third-order valence-electron chi connectivity index (χ3n) is 3.42. The van der Waals surface area contributed by atoms with Gasteiger partial charge in [0, 0.05) is 23.8 Å². The minimum atomic E-state index is -0.513. The number of Topliss-reactive ketones (excluding diaryl/α,β-unsaturated/α-hetero) is 1. The minimum Gasteiger partial charge on any atom is -0.366 e. The number of ketones is 2. The first-order valence-corrected chi connectivity index (χ1v) is 6.54. The van der Waals surface area contributed by atoms with Gasteiger partial charge in [0.15, 0.2) is 5.78 Å². The number of nitrogens with zero attached hydrogens (tertiary/aromatic N) is 2. The van der Waals surface area contributed by atoms with Gasteiger partial charge < -0.3 is 5.73 Å². The molecule has 1 amide bonds. The lowest BCUT2D eigenvalue weighted by atomic mass is 9.90. The van der Waals surface area contributed by atoms with Crippen LogP contribution in [-0.4, -0.2) is 27.4 Å². The van der Waals surface area contributed by atoms with Crippen LogP contribution in [-0.2, 0) is 6.42 Å². The number of allylic oxidation sites excluding steroid dienone is 2. The van der Waals surface area contributed by atoms with Crippen LogP contribution in [0.1, 0.15) is 36.8 Å². The lowest BCUT2D eigenvalue weighted by molar-refractivity contribution is 0.0978. The summed E-state index contributed by atoms with van der Waals surface area (Å²) >= 11 is 0. The number of carbonyl (C=O) groups excluding carboxylic acids is 3. The summed E-state index contributed by atoms with van der Waals surface area (Å²) in [6, 6.07) is 6.58. The van der Waals surface area contributed by atoms with Crippen molar-refractivity contribution in [1.82, 2.24) is 9.97 Å². The fourth-order valence-electron chi connectivity index (χ4n) is 2.30. The highest BCUT2D eigenvalue weighted by molar-refractivity contribution is 6.23. The van der Waals surface area contributed by atoms with Crippen molar-refractivity contribution in [2.75, 3.05) is 0 Å². The summed E-state index contributed by atoms with van der Waals surface area (Å²) in [5.41, 5.74) is 7.10. The maximum Gasteiger partial charge on any atom is 0.248 e. The van der Waals surface area contributed by atoms with Crippen LogP contribution in [0.2, 0.25) is 0 Å². The molecule has 0 aliphatic heterocycles. The topological polar surface area (TPSA) is 103 Å². The van der Waals surface area contributed by atoms with Crippen LogP contribution in [0.4, 0.5) is 0 Å². The minimum absolute atomic E-state index is 0.132. The highest BCUT2D eigenvalue weighted by atomic mass is 16.1. The van der Waals surface area contributed by atoms with E-state index in [-0.39, 0.29) is 29.2 Å². The summed E-state index contributed by atoms with van der Waals surface area (Å²) < 4.78 is 0. The number of hydrogen-bond acceptors (Lipinski definition) is 5. The van der Waals surface area contributed by atoms with Crippen molar-refractivity contribution in [3.63, 3.8) is 0 Å². The van der Waals surface area contributed by atoms with E-state index in [4.69, 9.17) is 5.73 Å². The zero-order valence-corrected chi connectivity index (χ0v) is 11.4. The second-order valence-electron chi connectivity index (χ2n) is 4.89. The SMILES string of the molecule is NC(=O)c1ccc(CC2=CC(=O)c3ncncc3C2=O)cc1. The smallest absolute Gasteiger partial charge is 0.248 e. The Bertz CT molecular complexity index is 823. The van der Waals surface area contributed by atoms with Crippen molar-refractivity contribution in [3.8, 4) is 0 Å². The molecule has 3 rings (SSSR count). The maximum atomic E-state index is 12.4. The summed E-state index contributed by atoms with van der Waals surface area (Å²) in [4.78, 5) is 43.0. The van der Waals surface area contributed by atoms with E-state index in [1.165, 1.54) is 18.6 Å². The molecule has 1 aromatic heterocycles. The van der Waals surface area contributed by atoms with Crippen molar-refractivity contribution in [2.45, 2.75) is 6.42 Å². The highest BCUT2D eigenvalue weighted by Crippen LogP contribution is 2.21. The Morgan fingerprint density at radius 3 is 2.55 bits per heavy atom. The Hall–Kier alpha value is -3.15. The zero-order chi connectivity index (χ0) is 15.7. The van der Waals surface area contributed by atoms with Crippen molar-refractivity contribution in [3.05, 3.63) is 70.8 Å². The third-order valence-corrected chi connectivity index (χ3v) is 3.42. The Morgan fingerprint density at radius 1 is 1.14 bits per heavy atom. The molecule has 6 heteroatoms. The molecule has 1 aromatic carbocycles. The van der Waals surface area contributed by atoms with Crippen LogP contribution < -0.4 is 5.73 Å². The predicted molar refractivity (Wildman–Crippen MR) is 77.4 cm³/mol. The molecule has 1 aliphatic carbocycles. The number of carbonyl (C=O) groups is 3. The summed E-state index contributed by atoms with van der Waals surface area (Å²) in [6.07, 6.45) is 4.19. The molecule has 2 aromatic rings. The Morgan fingerprint density at radius 2 is 1.86 bits per heavy atom. The van der Waals surface area contributed by atoms with Crippen LogP contribution in [0.3, 0.4) is 0 Å². The second kappa shape index (κ2) is 5.33. The van der Waals surface area contributed by atoms with Crippen molar-refractivity contribution in [2.24, 2.45) is 5.73 Å². The van der Waals surface area contributed by atoms with Crippen molar-refractivity contribution < 1.29 is 14.4 Å². The number of fused-ring (bicyclic) bond motifs is 1. The molecule has 0 saturated carbocycles. The van der Waals surface area contributed by atoms with E-state index in [0.29, 0.717) is 11.1 Å². The number of rotatable bonds is 3. The van der Waals surface area contributed by atoms with Crippen LogP contribution in [0.5, 0.6) is 0 Å². The van der Waals surface area contributed by atoms with E-state index < -0.39 is 5.91 Å². The molecular formula is C16H11N3O3. The van der Waals surface area contributed by atoms with Gasteiger partial charge in [-0.15, -0.1) is 0 Å². The largest absolute Gasteiger partial charge is 0.366 e. The van der Waals surface area contributed by atoms with E-state index in [1.807, 2.05) is 0 Å². The molecule has 1 aliphatic rings. The fraction of sp³-hybridized carbons (Fsp3) is 0.0625. The van der Waals surface area contributed by atoms with Gasteiger partial charge in [-0.1, -0.05) is 12.1 Å². The molecule has 0 unspecified atom stereocenters. The molecule has 0 fully saturated rings. The van der Waals surface area contributed by atoms with Gasteiger partial charge in [-0.2, -0.15) is 0 Å². The molecule has 0 saturated heterocycles. The van der Waals surface area contributed by atoms with Gasteiger partial charge in [-0.25, -0.2) is 9.97 Å². The van der Waals surface area contributed by atoms with Crippen molar-refractivity contribution >= 4 is 17.5 Å². The van der Waals surface area contributed by atoms with Gasteiger partial charge in [0.2, 0.25) is 11.7 Å². The molecule has 0 atom stereocenters. The first-order chi connectivity index (χ1) is 10.6. The van der Waals surface area contributed by atoms with Gasteiger partial charge in [-0.3, -0.25) is 14.4 Å². The van der Waals surface area contributed by atoms with E-state index in [2.05, 4.69) is 9.97 Å². The molecule has 1 heterocycles. The van der Waals surface area contributed by atoms with Crippen LogP contribution >= 0.6 is 0 Å². The number of amides is 1. The van der Waals surface area contributed by atoms with E-state index in [1.54, 1.807) is 24.3 Å². The number of nitrogens with two attached hydrogens (primary N) is 1. The standard InChI is InChI=1S/C16H11N3O3/c17-16(22)10-3-1-9(2-4-10)5-11-6-13(20)14-12(15(11)21)7-18-8-19-14/h1-4,6-8H,5H2,(H2,17,22). The van der Waals surface area contributed by atoms with Crippen LogP contribution in [0.25, 0.3) is 0 Å². The third kappa shape index (κ3) is 2.42. The molecule has 0 spiro atoms. The van der Waals surface area contributed by atoms with Crippen LogP contribution in [0, 0.1) is 0 Å². The van der Waals surface area contributed by atoms with Gasteiger partial charge in [0.25, 0.3) is 0 Å². The Kier molecular flexibility index (Phi) is 3.34. The molecule has 2 N–H and O–H groups in total. The van der Waals surface area contributed by atoms with Gasteiger partial charge >= 0.3 is 0 Å². The average molecular weight is 293 g/mol. The van der Waals surface area contributed by atoms with Gasteiger partial charge in [0.1, 0.15) is 12.0 Å². The summed E-state index contributed by atoms with van der Waals surface area (Å²) in [5.74, 6) is -1.07. The number of aromatic nitrogens is 2. The Balaban J connectivity index is 1.89. The van der Waals surface area contributed by atoms with Gasteiger partial charge in [0.05, 0.1) is 5.56 Å². The molecular weight excluding hydrogens is 282 g/mol. The van der Waals surface area contributed by atoms with Crippen LogP contribution in [0.15, 0.2) is 48.4 Å². The lowest BCUT2D eigenvalue weighted by Gasteiger charge is -2.13. The fourth-order valence-corrected chi connectivity index (χ4v) is 2.30. The number of primary amides is 1. The predicted octanol–water partition coefficient (Wildman–Crippen LogP) is 1.12. The van der Waals surface area contributed by atoms with E-state index >= 15 is 0 Å². The monoisotopic (exact) mass is 293 g/mol. The first kappa shape index (κ1) is 13.8. The molecule has 22 heavy (non-hydrogen) atoms. The zero-order valence-electron chi connectivity index (χ0n) is 11.4. The average Bonchev–Trinajstić information content (AvgIpc) is 2.53. The molecule has 0 radical (unpaired) electrons. The summed E-state index contributed by atoms with van der Waals surface area (Å²) in [6.45, 7) is 0. The highest BCUT2D eigenvalue weighted by Gasteiger charge is 2.26. The number of hydrogen-bond donors (Lipinski definition) is 1. The van der Waals surface area contributed by atoms with E-state index in [9.17, 15) is 14.4 Å². The molecule has 0 bridgehead atoms. The summed E-state index contributed by atoms with van der Waals surface area (Å²) in [7, 11) is 0. The molecule has 6 nitrogen and oxygen atoms in total. The normalized spacial score (nSPS) is 13.5. The second-order valence-corrected chi connectivity index (χ2v) is 4.89. The lowest BCUT2D eigenvalue weighted by Crippen LogP contribution is -2.20. The first-order valence-electron chi connectivity index (χ1n) is 6.54. The van der Waals surface area contributed by atoms with E-state index in [0.717, 1.165) is 5.56 Å². The van der Waals surface area contributed by atoms with Gasteiger partial charge in [-0.05, 0) is 23.8 Å². The Labute approximate surface area is 125 Å². The molecule has 108 valence electrons. The quantitative estimate of drug-likeness (QED) is 0.913. The number of benzene rings is 1. The maximum absolute atomic E-state index is 12.4.